The minimum atomic E-state index is -0.694. The summed E-state index contributed by atoms with van der Waals surface area (Å²) in [6.07, 6.45) is 9.19. The van der Waals surface area contributed by atoms with Crippen LogP contribution in [0.25, 0.3) is 28.0 Å². The van der Waals surface area contributed by atoms with Gasteiger partial charge in [0, 0.05) is 11.0 Å². The highest BCUT2D eigenvalue weighted by Crippen LogP contribution is 2.50. The Bertz CT molecular complexity index is 1470. The standard InChI is InChI=1S/C29H32O6/c1-8-28(4,5)21-25-18(13-15-29(6,35-25)14-9-10-16(2)3)23(31)20-22(30)17-11-12-19(33-7)24(32)26(17)34-27(20)21/h8,10-13,15,31-32H,1,9,14H2,2-7H3. The van der Waals surface area contributed by atoms with E-state index in [1.807, 2.05) is 32.9 Å². The number of methoxy groups -OCH3 is 1. The van der Waals surface area contributed by atoms with Crippen LogP contribution in [0.3, 0.4) is 0 Å². The van der Waals surface area contributed by atoms with Crippen LogP contribution >= 0.6 is 0 Å². The third-order valence-electron chi connectivity index (χ3n) is 6.69. The van der Waals surface area contributed by atoms with Gasteiger partial charge in [-0.2, -0.15) is 0 Å². The summed E-state index contributed by atoms with van der Waals surface area (Å²) in [4.78, 5) is 13.6. The first-order chi connectivity index (χ1) is 16.4. The van der Waals surface area contributed by atoms with E-state index < -0.39 is 16.4 Å². The summed E-state index contributed by atoms with van der Waals surface area (Å²) in [6.45, 7) is 14.0. The van der Waals surface area contributed by atoms with Gasteiger partial charge < -0.3 is 24.1 Å². The second-order valence-corrected chi connectivity index (χ2v) is 10.1. The number of allylic oxidation sites excluding steroid dienone is 3. The molecule has 2 N–H and O–H groups in total. The average Bonchev–Trinajstić information content (AvgIpc) is 2.79. The maximum absolute atomic E-state index is 13.6. The first-order valence-electron chi connectivity index (χ1n) is 11.6. The summed E-state index contributed by atoms with van der Waals surface area (Å²) in [5.74, 6) is 0.118. The number of aromatic hydroxyl groups is 2. The van der Waals surface area contributed by atoms with Gasteiger partial charge in [-0.1, -0.05) is 31.6 Å². The van der Waals surface area contributed by atoms with Crippen LogP contribution in [-0.4, -0.2) is 22.9 Å². The quantitative estimate of drug-likeness (QED) is 0.302. The summed E-state index contributed by atoms with van der Waals surface area (Å²) >= 11 is 0. The number of fused-ring (bicyclic) bond motifs is 3. The van der Waals surface area contributed by atoms with Crippen LogP contribution in [0.2, 0.25) is 0 Å². The van der Waals surface area contributed by atoms with Crippen molar-refractivity contribution >= 4 is 28.0 Å². The third kappa shape index (κ3) is 3.97. The van der Waals surface area contributed by atoms with Gasteiger partial charge in [-0.05, 0) is 57.9 Å². The molecule has 6 heteroatoms. The van der Waals surface area contributed by atoms with Gasteiger partial charge in [0.2, 0.25) is 11.2 Å². The molecule has 0 saturated heterocycles. The van der Waals surface area contributed by atoms with Crippen molar-refractivity contribution in [2.75, 3.05) is 7.11 Å². The molecule has 1 unspecified atom stereocenters. The molecule has 1 aliphatic rings. The zero-order valence-electron chi connectivity index (χ0n) is 21.1. The molecule has 4 rings (SSSR count). The Labute approximate surface area is 204 Å². The van der Waals surface area contributed by atoms with Crippen molar-refractivity contribution in [3.63, 3.8) is 0 Å². The van der Waals surface area contributed by atoms with Crippen LogP contribution in [0.5, 0.6) is 23.0 Å². The van der Waals surface area contributed by atoms with Crippen LogP contribution < -0.4 is 14.9 Å². The molecular formula is C29H32O6. The van der Waals surface area contributed by atoms with Crippen molar-refractivity contribution in [3.05, 3.63) is 63.9 Å². The van der Waals surface area contributed by atoms with Gasteiger partial charge in [0.1, 0.15) is 28.1 Å². The Hall–Kier alpha value is -3.67. The van der Waals surface area contributed by atoms with Gasteiger partial charge in [-0.15, -0.1) is 6.58 Å². The highest BCUT2D eigenvalue weighted by Gasteiger charge is 2.37. The lowest BCUT2D eigenvalue weighted by molar-refractivity contribution is 0.125. The van der Waals surface area contributed by atoms with Gasteiger partial charge in [0.15, 0.2) is 11.3 Å². The maximum Gasteiger partial charge on any atom is 0.204 e. The summed E-state index contributed by atoms with van der Waals surface area (Å²) in [5.41, 5.74) is 0.587. The SMILES string of the molecule is C=CC(C)(C)c1c2c(c(O)c3c(=O)c4ccc(OC)c(O)c4oc13)C=CC(C)(CCC=C(C)C)O2. The van der Waals surface area contributed by atoms with Crippen molar-refractivity contribution in [3.8, 4) is 23.0 Å². The Morgan fingerprint density at radius 2 is 1.91 bits per heavy atom. The fraction of sp³-hybridized carbons (Fsp3) is 0.345. The number of hydrogen-bond donors (Lipinski definition) is 2. The molecule has 2 heterocycles. The Morgan fingerprint density at radius 1 is 1.20 bits per heavy atom. The Balaban J connectivity index is 2.10. The van der Waals surface area contributed by atoms with Crippen LogP contribution in [-0.2, 0) is 5.41 Å². The fourth-order valence-electron chi connectivity index (χ4n) is 4.52. The zero-order valence-corrected chi connectivity index (χ0v) is 21.1. The normalized spacial score (nSPS) is 17.2. The second-order valence-electron chi connectivity index (χ2n) is 10.1. The molecule has 1 aromatic heterocycles. The molecule has 3 aromatic rings. The lowest BCUT2D eigenvalue weighted by Gasteiger charge is -2.36. The van der Waals surface area contributed by atoms with Crippen LogP contribution in [0, 0.1) is 0 Å². The Morgan fingerprint density at radius 3 is 2.54 bits per heavy atom. The number of benzene rings is 2. The summed E-state index contributed by atoms with van der Waals surface area (Å²) in [5, 5.41) is 22.2. The first-order valence-corrected chi connectivity index (χ1v) is 11.6. The number of hydrogen-bond acceptors (Lipinski definition) is 6. The maximum atomic E-state index is 13.6. The van der Waals surface area contributed by atoms with E-state index in [0.29, 0.717) is 16.9 Å². The minimum Gasteiger partial charge on any atom is -0.506 e. The third-order valence-corrected chi connectivity index (χ3v) is 6.69. The van der Waals surface area contributed by atoms with Crippen molar-refractivity contribution in [1.29, 1.82) is 0 Å². The van der Waals surface area contributed by atoms with E-state index in [2.05, 4.69) is 26.5 Å². The molecule has 0 amide bonds. The number of phenolic OH excluding ortho intramolecular Hbond substituents is 2. The smallest absolute Gasteiger partial charge is 0.204 e. The molecule has 2 aromatic carbocycles. The molecular weight excluding hydrogens is 444 g/mol. The number of phenols is 2. The molecule has 1 atom stereocenters. The van der Waals surface area contributed by atoms with Crippen molar-refractivity contribution in [1.82, 2.24) is 0 Å². The summed E-state index contributed by atoms with van der Waals surface area (Å²) < 4.78 is 18.0. The van der Waals surface area contributed by atoms with Gasteiger partial charge >= 0.3 is 0 Å². The number of ether oxygens (including phenoxy) is 2. The van der Waals surface area contributed by atoms with Gasteiger partial charge in [-0.3, -0.25) is 4.79 Å². The molecule has 184 valence electrons. The first kappa shape index (κ1) is 24.5. The summed E-state index contributed by atoms with van der Waals surface area (Å²) in [6, 6.07) is 3.01. The monoisotopic (exact) mass is 476 g/mol. The second kappa shape index (κ2) is 8.52. The average molecular weight is 477 g/mol. The highest BCUT2D eigenvalue weighted by atomic mass is 16.5. The topological polar surface area (TPSA) is 89.1 Å². The molecule has 35 heavy (non-hydrogen) atoms. The van der Waals surface area contributed by atoms with Gasteiger partial charge in [-0.25, -0.2) is 0 Å². The predicted molar refractivity (Wildman–Crippen MR) is 140 cm³/mol. The van der Waals surface area contributed by atoms with E-state index >= 15 is 0 Å². The molecule has 0 fully saturated rings. The molecule has 0 bridgehead atoms. The van der Waals surface area contributed by atoms with E-state index in [4.69, 9.17) is 13.9 Å². The minimum absolute atomic E-state index is 0.0139. The number of rotatable bonds is 6. The van der Waals surface area contributed by atoms with Gasteiger partial charge in [0.25, 0.3) is 0 Å². The summed E-state index contributed by atoms with van der Waals surface area (Å²) in [7, 11) is 1.42. The molecule has 0 saturated carbocycles. The largest absolute Gasteiger partial charge is 0.506 e. The van der Waals surface area contributed by atoms with Crippen LogP contribution in [0.15, 0.2) is 51.7 Å². The van der Waals surface area contributed by atoms with Gasteiger partial charge in [0.05, 0.1) is 18.1 Å². The molecule has 0 aliphatic carbocycles. The van der Waals surface area contributed by atoms with E-state index in [9.17, 15) is 15.0 Å². The lowest BCUT2D eigenvalue weighted by Crippen LogP contribution is -2.33. The molecule has 0 radical (unpaired) electrons. The van der Waals surface area contributed by atoms with E-state index in [-0.39, 0.29) is 39.2 Å². The zero-order chi connectivity index (χ0) is 25.7. The highest BCUT2D eigenvalue weighted by molar-refractivity contribution is 6.01. The molecule has 6 nitrogen and oxygen atoms in total. The lowest BCUT2D eigenvalue weighted by atomic mass is 9.80. The van der Waals surface area contributed by atoms with E-state index in [0.717, 1.165) is 12.8 Å². The predicted octanol–water partition coefficient (Wildman–Crippen LogP) is 6.74. The van der Waals surface area contributed by atoms with Crippen LogP contribution in [0.1, 0.15) is 58.6 Å². The van der Waals surface area contributed by atoms with E-state index in [1.165, 1.54) is 24.8 Å². The van der Waals surface area contributed by atoms with Crippen molar-refractivity contribution in [2.45, 2.75) is 58.5 Å². The van der Waals surface area contributed by atoms with Crippen molar-refractivity contribution < 1.29 is 24.1 Å². The van der Waals surface area contributed by atoms with E-state index in [1.54, 1.807) is 6.08 Å². The molecule has 1 aliphatic heterocycles. The van der Waals surface area contributed by atoms with Crippen molar-refractivity contribution in [2.24, 2.45) is 0 Å². The van der Waals surface area contributed by atoms with Crippen LogP contribution in [0.4, 0.5) is 0 Å². The fourth-order valence-corrected chi connectivity index (χ4v) is 4.52. The molecule has 0 spiro atoms. The Kier molecular flexibility index (Phi) is 5.95.